The summed E-state index contributed by atoms with van der Waals surface area (Å²) in [6, 6.07) is 0.406. The third-order valence-corrected chi connectivity index (χ3v) is 5.79. The number of nitrogens with one attached hydrogen (secondary N) is 2. The van der Waals surface area contributed by atoms with Gasteiger partial charge in [-0.2, -0.15) is 9.35 Å². The van der Waals surface area contributed by atoms with E-state index in [1.165, 1.54) is 17.9 Å². The molecule has 4 fully saturated rings. The number of amides is 3. The van der Waals surface area contributed by atoms with Crippen molar-refractivity contribution in [2.45, 2.75) is 68.7 Å². The lowest BCUT2D eigenvalue weighted by molar-refractivity contribution is -0.127. The van der Waals surface area contributed by atoms with Crippen LogP contribution in [0, 0.1) is 0 Å². The summed E-state index contributed by atoms with van der Waals surface area (Å²) in [7, 11) is 0. The van der Waals surface area contributed by atoms with Gasteiger partial charge in [-0.15, -0.1) is 0 Å². The van der Waals surface area contributed by atoms with Crippen LogP contribution in [0.15, 0.2) is 0 Å². The van der Waals surface area contributed by atoms with Gasteiger partial charge in [-0.05, 0) is 38.5 Å². The van der Waals surface area contributed by atoms with Gasteiger partial charge in [-0.25, -0.2) is 4.79 Å². The number of piperidine rings is 2. The summed E-state index contributed by atoms with van der Waals surface area (Å²) in [5.74, 6) is -0.0541. The molecule has 0 aliphatic carbocycles. The van der Waals surface area contributed by atoms with E-state index in [1.807, 2.05) is 0 Å². The summed E-state index contributed by atoms with van der Waals surface area (Å²) in [5, 5.41) is 7.90. The van der Waals surface area contributed by atoms with E-state index in [0.717, 1.165) is 12.8 Å². The molecule has 4 rings (SSSR count). The third kappa shape index (κ3) is 2.79. The maximum absolute atomic E-state index is 12.7. The lowest BCUT2D eigenvalue weighted by Gasteiger charge is -2.34. The van der Waals surface area contributed by atoms with Crippen molar-refractivity contribution in [3.05, 3.63) is 0 Å². The molecule has 4 atom stereocenters. The van der Waals surface area contributed by atoms with E-state index in [-0.39, 0.29) is 36.3 Å². The Labute approximate surface area is 139 Å². The van der Waals surface area contributed by atoms with Crippen LogP contribution in [-0.4, -0.2) is 63.2 Å². The molecular formula is C14H22N4O4S. The average molecular weight is 342 g/mol. The van der Waals surface area contributed by atoms with Crippen LogP contribution in [0.1, 0.15) is 38.5 Å². The van der Waals surface area contributed by atoms with Gasteiger partial charge in [0.2, 0.25) is 5.91 Å². The Kier molecular flexibility index (Phi) is 4.12. The monoisotopic (exact) mass is 342 g/mol. The summed E-state index contributed by atoms with van der Waals surface area (Å²) in [6.07, 6.45) is 5.67. The molecule has 2 unspecified atom stereocenters. The number of hydrogen-bond donors (Lipinski definition) is 3. The first-order valence-electron chi connectivity index (χ1n) is 8.30. The molecule has 0 aromatic rings. The molecule has 0 saturated carbocycles. The van der Waals surface area contributed by atoms with Crippen molar-refractivity contribution in [3.63, 3.8) is 0 Å². The molecule has 9 heteroatoms. The SMILES string of the molecule is O=C(NC1CC2CCC(C1)N2)[C@@H]1CC[C@@H]2CN1C(=O)N2OSO. The largest absolute Gasteiger partial charge is 0.351 e. The highest BCUT2D eigenvalue weighted by Crippen LogP contribution is 2.32. The Morgan fingerprint density at radius 2 is 2.00 bits per heavy atom. The molecule has 8 nitrogen and oxygen atoms in total. The summed E-state index contributed by atoms with van der Waals surface area (Å²) in [4.78, 5) is 26.5. The van der Waals surface area contributed by atoms with E-state index in [9.17, 15) is 9.59 Å². The van der Waals surface area contributed by atoms with Gasteiger partial charge < -0.3 is 20.1 Å². The van der Waals surface area contributed by atoms with Gasteiger partial charge in [0.25, 0.3) is 0 Å². The predicted octanol–water partition coefficient (Wildman–Crippen LogP) is 0.707. The van der Waals surface area contributed by atoms with Crippen LogP contribution in [0.3, 0.4) is 0 Å². The van der Waals surface area contributed by atoms with Gasteiger partial charge in [0.05, 0.1) is 6.04 Å². The molecule has 0 spiro atoms. The molecule has 4 bridgehead atoms. The average Bonchev–Trinajstić information content (AvgIpc) is 3.00. The molecular weight excluding hydrogens is 320 g/mol. The van der Waals surface area contributed by atoms with Crippen LogP contribution in [-0.2, 0) is 9.08 Å². The van der Waals surface area contributed by atoms with E-state index in [0.29, 0.717) is 31.5 Å². The molecule has 4 aliphatic heterocycles. The molecule has 0 aromatic carbocycles. The molecule has 3 amide bonds. The van der Waals surface area contributed by atoms with E-state index in [2.05, 4.69) is 10.6 Å². The predicted molar refractivity (Wildman–Crippen MR) is 83.2 cm³/mol. The molecule has 4 heterocycles. The third-order valence-electron chi connectivity index (χ3n) is 5.56. The highest BCUT2D eigenvalue weighted by atomic mass is 32.2. The van der Waals surface area contributed by atoms with Crippen molar-refractivity contribution in [2.24, 2.45) is 0 Å². The van der Waals surface area contributed by atoms with Crippen molar-refractivity contribution in [1.29, 1.82) is 0 Å². The second-order valence-electron chi connectivity index (χ2n) is 6.97. The minimum Gasteiger partial charge on any atom is -0.351 e. The minimum absolute atomic E-state index is 0.0541. The molecule has 0 radical (unpaired) electrons. The summed E-state index contributed by atoms with van der Waals surface area (Å²) in [5.41, 5.74) is 0. The molecule has 128 valence electrons. The molecule has 3 N–H and O–H groups in total. The van der Waals surface area contributed by atoms with Crippen LogP contribution >= 0.6 is 12.3 Å². The first kappa shape index (κ1) is 15.5. The number of hydroxylamine groups is 2. The van der Waals surface area contributed by atoms with Crippen LogP contribution in [0.25, 0.3) is 0 Å². The first-order chi connectivity index (χ1) is 11.2. The smallest absolute Gasteiger partial charge is 0.346 e. The molecule has 23 heavy (non-hydrogen) atoms. The van der Waals surface area contributed by atoms with Crippen molar-refractivity contribution in [1.82, 2.24) is 20.6 Å². The summed E-state index contributed by atoms with van der Waals surface area (Å²) in [6.45, 7) is 0.481. The number of hydrogen-bond acceptors (Lipinski definition) is 6. The van der Waals surface area contributed by atoms with Crippen LogP contribution in [0.5, 0.6) is 0 Å². The first-order valence-corrected chi connectivity index (χ1v) is 9.00. The molecule has 0 aromatic heterocycles. The number of fused-ring (bicyclic) bond motifs is 4. The Morgan fingerprint density at radius 1 is 1.26 bits per heavy atom. The molecule has 4 aliphatic rings. The Balaban J connectivity index is 1.38. The maximum Gasteiger partial charge on any atom is 0.346 e. The van der Waals surface area contributed by atoms with E-state index < -0.39 is 6.04 Å². The Morgan fingerprint density at radius 3 is 2.70 bits per heavy atom. The zero-order chi connectivity index (χ0) is 16.0. The van der Waals surface area contributed by atoms with Gasteiger partial charge in [0.1, 0.15) is 6.04 Å². The van der Waals surface area contributed by atoms with Crippen molar-refractivity contribution < 1.29 is 18.4 Å². The fourth-order valence-electron chi connectivity index (χ4n) is 4.51. The second-order valence-corrected chi connectivity index (χ2v) is 7.27. The minimum atomic E-state index is -0.427. The van der Waals surface area contributed by atoms with Crippen LogP contribution in [0.2, 0.25) is 0 Å². The summed E-state index contributed by atoms with van der Waals surface area (Å²) < 4.78 is 13.7. The van der Waals surface area contributed by atoms with Gasteiger partial charge in [-0.1, -0.05) is 0 Å². The fraction of sp³-hybridized carbons (Fsp3) is 0.857. The van der Waals surface area contributed by atoms with E-state index in [1.54, 1.807) is 4.90 Å². The lowest BCUT2D eigenvalue weighted by atomic mass is 9.97. The van der Waals surface area contributed by atoms with Crippen LogP contribution < -0.4 is 10.6 Å². The van der Waals surface area contributed by atoms with Crippen molar-refractivity contribution >= 4 is 24.3 Å². The fourth-order valence-corrected chi connectivity index (χ4v) is 4.77. The zero-order valence-electron chi connectivity index (χ0n) is 12.8. The second kappa shape index (κ2) is 6.12. The highest BCUT2D eigenvalue weighted by molar-refractivity contribution is 7.88. The molecule has 4 saturated heterocycles. The lowest BCUT2D eigenvalue weighted by Crippen LogP contribution is -2.55. The number of carbonyl (C=O) groups excluding carboxylic acids is 2. The van der Waals surface area contributed by atoms with E-state index >= 15 is 0 Å². The van der Waals surface area contributed by atoms with Crippen LogP contribution in [0.4, 0.5) is 4.79 Å². The Bertz CT molecular complexity index is 495. The van der Waals surface area contributed by atoms with Crippen molar-refractivity contribution in [3.8, 4) is 0 Å². The normalized spacial score (nSPS) is 39.0. The van der Waals surface area contributed by atoms with Gasteiger partial charge in [0.15, 0.2) is 12.3 Å². The number of nitrogens with zero attached hydrogens (tertiary/aromatic N) is 2. The van der Waals surface area contributed by atoms with E-state index in [4.69, 9.17) is 8.84 Å². The highest BCUT2D eigenvalue weighted by Gasteiger charge is 2.48. The standard InChI is InChI=1S/C14H22N4O4S/c19-13(16-10-5-8-1-2-9(6-10)15-8)12-4-3-11-7-17(12)14(20)18(11)22-23-21/h8-12,15,21H,1-7H2,(H,16,19)/t8?,9?,10?,11-,12+/m1/s1. The number of rotatable bonds is 4. The zero-order valence-corrected chi connectivity index (χ0v) is 13.6. The maximum atomic E-state index is 12.7. The quantitative estimate of drug-likeness (QED) is 0.652. The topological polar surface area (TPSA) is 94.1 Å². The number of urea groups is 1. The van der Waals surface area contributed by atoms with Crippen molar-refractivity contribution in [2.75, 3.05) is 6.54 Å². The van der Waals surface area contributed by atoms with Gasteiger partial charge in [-0.3, -0.25) is 4.79 Å². The van der Waals surface area contributed by atoms with Gasteiger partial charge in [0, 0.05) is 24.7 Å². The number of carbonyl (C=O) groups is 2. The van der Waals surface area contributed by atoms with Gasteiger partial charge >= 0.3 is 6.03 Å². The summed E-state index contributed by atoms with van der Waals surface area (Å²) >= 11 is 0.168. The Hall–Kier alpha value is -1.03.